The Morgan fingerprint density at radius 1 is 0.944 bits per heavy atom. The number of halogens is 3. The van der Waals surface area contributed by atoms with E-state index in [1.807, 2.05) is 0 Å². The summed E-state index contributed by atoms with van der Waals surface area (Å²) in [5.41, 5.74) is -0.703. The van der Waals surface area contributed by atoms with Crippen LogP contribution in [0, 0.1) is 5.41 Å². The number of nitrogens with one attached hydrogen (secondary N) is 1. The first-order valence-electron chi connectivity index (χ1n) is 4.93. The van der Waals surface area contributed by atoms with E-state index in [9.17, 15) is 30.0 Å². The number of hydrogen-bond donors (Lipinski definition) is 1. The Morgan fingerprint density at radius 3 is 1.72 bits per heavy atom. The molecule has 0 aromatic carbocycles. The highest BCUT2D eigenvalue weighted by atomic mass is 32.3. The Morgan fingerprint density at radius 2 is 1.39 bits per heavy atom. The summed E-state index contributed by atoms with van der Waals surface area (Å²) >= 11 is 0. The van der Waals surface area contributed by atoms with Crippen LogP contribution in [0.1, 0.15) is 27.2 Å². The van der Waals surface area contributed by atoms with E-state index >= 15 is 0 Å². The molecule has 0 rings (SSSR count). The first kappa shape index (κ1) is 17.6. The Hall–Kier alpha value is -0.350. The molecule has 0 saturated carbocycles. The van der Waals surface area contributed by atoms with Crippen molar-refractivity contribution >= 4 is 20.0 Å². The quantitative estimate of drug-likeness (QED) is 0.828. The maximum Gasteiger partial charge on any atom is 0.390 e. The maximum atomic E-state index is 11.8. The molecule has 0 aromatic heterocycles. The first-order valence-corrected chi connectivity index (χ1v) is 8.23. The monoisotopic (exact) mass is 311 g/mol. The lowest BCUT2D eigenvalue weighted by atomic mass is 10.0. The molecule has 0 heterocycles. The summed E-state index contributed by atoms with van der Waals surface area (Å²) in [5.74, 6) is -1.80. The molecule has 0 amide bonds. The van der Waals surface area contributed by atoms with Crippen molar-refractivity contribution in [1.29, 1.82) is 0 Å². The van der Waals surface area contributed by atoms with Crippen LogP contribution in [0.15, 0.2) is 0 Å². The van der Waals surface area contributed by atoms with E-state index in [4.69, 9.17) is 0 Å². The smallest absolute Gasteiger partial charge is 0.211 e. The van der Waals surface area contributed by atoms with E-state index in [1.54, 1.807) is 20.8 Å². The van der Waals surface area contributed by atoms with Gasteiger partial charge in [0.05, 0.1) is 17.9 Å². The van der Waals surface area contributed by atoms with Crippen molar-refractivity contribution in [3.8, 4) is 0 Å². The SMILES string of the molecule is CC(C)(C)CS(=O)(=O)NS(=O)(=O)CCC(F)(F)F. The first-order chi connectivity index (χ1) is 7.62. The summed E-state index contributed by atoms with van der Waals surface area (Å²) in [4.78, 5) is 0. The largest absolute Gasteiger partial charge is 0.390 e. The fourth-order valence-electron chi connectivity index (χ4n) is 1.08. The molecule has 0 aliphatic heterocycles. The highest BCUT2D eigenvalue weighted by molar-refractivity contribution is 8.04. The number of rotatable bonds is 5. The van der Waals surface area contributed by atoms with Gasteiger partial charge in [-0.05, 0) is 5.41 Å². The maximum absolute atomic E-state index is 11.8. The van der Waals surface area contributed by atoms with Crippen molar-refractivity contribution in [2.75, 3.05) is 11.5 Å². The van der Waals surface area contributed by atoms with Crippen LogP contribution >= 0.6 is 0 Å². The van der Waals surface area contributed by atoms with Crippen LogP contribution in [-0.2, 0) is 20.0 Å². The molecule has 0 spiro atoms. The molecule has 0 unspecified atom stereocenters. The minimum Gasteiger partial charge on any atom is -0.211 e. The van der Waals surface area contributed by atoms with Crippen LogP contribution in [0.4, 0.5) is 13.2 Å². The molecule has 10 heteroatoms. The second-order valence-electron chi connectivity index (χ2n) is 5.09. The Labute approximate surface area is 105 Å². The third-order valence-electron chi connectivity index (χ3n) is 1.53. The van der Waals surface area contributed by atoms with E-state index in [0.29, 0.717) is 0 Å². The second kappa shape index (κ2) is 5.33. The molecule has 0 atom stereocenters. The van der Waals surface area contributed by atoms with Crippen LogP contribution in [0.25, 0.3) is 0 Å². The predicted molar refractivity (Wildman–Crippen MR) is 60.8 cm³/mol. The molecular formula is C8H16F3NO4S2. The highest BCUT2D eigenvalue weighted by Crippen LogP contribution is 2.20. The van der Waals surface area contributed by atoms with E-state index < -0.39 is 49.6 Å². The van der Waals surface area contributed by atoms with Gasteiger partial charge in [-0.15, -0.1) is 4.13 Å². The summed E-state index contributed by atoms with van der Waals surface area (Å²) in [6.07, 6.45) is -6.24. The van der Waals surface area contributed by atoms with Gasteiger partial charge in [-0.25, -0.2) is 16.8 Å². The minimum absolute atomic E-state index is 0.495. The normalized spacial score (nSPS) is 14.8. The van der Waals surface area contributed by atoms with Gasteiger partial charge in [-0.3, -0.25) is 0 Å². The van der Waals surface area contributed by atoms with Gasteiger partial charge >= 0.3 is 6.18 Å². The molecule has 0 aliphatic rings. The molecule has 110 valence electrons. The summed E-state index contributed by atoms with van der Waals surface area (Å²) < 4.78 is 82.1. The van der Waals surface area contributed by atoms with Crippen molar-refractivity contribution in [2.24, 2.45) is 5.41 Å². The average molecular weight is 311 g/mol. The van der Waals surface area contributed by atoms with Crippen molar-refractivity contribution in [3.63, 3.8) is 0 Å². The van der Waals surface area contributed by atoms with Crippen LogP contribution < -0.4 is 4.13 Å². The molecule has 18 heavy (non-hydrogen) atoms. The van der Waals surface area contributed by atoms with Gasteiger partial charge in [-0.2, -0.15) is 13.2 Å². The third-order valence-corrected chi connectivity index (χ3v) is 5.55. The summed E-state index contributed by atoms with van der Waals surface area (Å²) in [5, 5.41) is 0. The zero-order valence-corrected chi connectivity index (χ0v) is 11.8. The van der Waals surface area contributed by atoms with Crippen molar-refractivity contribution in [2.45, 2.75) is 33.4 Å². The average Bonchev–Trinajstić information content (AvgIpc) is 1.91. The van der Waals surface area contributed by atoms with E-state index in [1.165, 1.54) is 4.13 Å². The van der Waals surface area contributed by atoms with E-state index in [-0.39, 0.29) is 0 Å². The molecule has 5 nitrogen and oxygen atoms in total. The molecule has 1 N–H and O–H groups in total. The number of sulfonamides is 2. The van der Waals surface area contributed by atoms with Gasteiger partial charge in [0, 0.05) is 0 Å². The van der Waals surface area contributed by atoms with Gasteiger partial charge < -0.3 is 0 Å². The third kappa shape index (κ3) is 9.66. The molecule has 0 aromatic rings. The zero-order chi connectivity index (χ0) is 14.8. The van der Waals surface area contributed by atoms with Gasteiger partial charge in [-0.1, -0.05) is 20.8 Å². The topological polar surface area (TPSA) is 80.3 Å². The fraction of sp³-hybridized carbons (Fsp3) is 1.00. The van der Waals surface area contributed by atoms with Crippen LogP contribution in [0.3, 0.4) is 0 Å². The molecule has 0 aliphatic carbocycles. The lowest BCUT2D eigenvalue weighted by molar-refractivity contribution is -0.129. The molecule has 0 bridgehead atoms. The van der Waals surface area contributed by atoms with Gasteiger partial charge in [0.1, 0.15) is 0 Å². The standard InChI is InChI=1S/C8H16F3NO4S2/c1-7(2,3)6-18(15,16)12-17(13,14)5-4-8(9,10)11/h12H,4-6H2,1-3H3. The number of alkyl halides is 3. The van der Waals surface area contributed by atoms with Gasteiger partial charge in [0.25, 0.3) is 0 Å². The van der Waals surface area contributed by atoms with E-state index in [0.717, 1.165) is 0 Å². The zero-order valence-electron chi connectivity index (χ0n) is 10.2. The second-order valence-corrected chi connectivity index (χ2v) is 8.91. The minimum atomic E-state index is -4.65. The summed E-state index contributed by atoms with van der Waals surface area (Å²) in [6, 6.07) is 0. The van der Waals surface area contributed by atoms with Crippen LogP contribution in [0.2, 0.25) is 0 Å². The molecule has 0 radical (unpaired) electrons. The Balaban J connectivity index is 4.69. The molecule has 0 saturated heterocycles. The Bertz CT molecular complexity index is 473. The number of hydrogen-bond acceptors (Lipinski definition) is 4. The van der Waals surface area contributed by atoms with Gasteiger partial charge in [0.15, 0.2) is 0 Å². The highest BCUT2D eigenvalue weighted by Gasteiger charge is 2.32. The van der Waals surface area contributed by atoms with E-state index in [2.05, 4.69) is 0 Å². The molecular weight excluding hydrogens is 295 g/mol. The summed E-state index contributed by atoms with van der Waals surface area (Å²) in [6.45, 7) is 4.69. The summed E-state index contributed by atoms with van der Waals surface area (Å²) in [7, 11) is -8.67. The van der Waals surface area contributed by atoms with Crippen molar-refractivity contribution < 1.29 is 30.0 Å². The fourth-order valence-corrected chi connectivity index (χ4v) is 4.84. The lowest BCUT2D eigenvalue weighted by Gasteiger charge is -2.18. The predicted octanol–water partition coefficient (Wildman–Crippen LogP) is 1.23. The van der Waals surface area contributed by atoms with Crippen LogP contribution in [0.5, 0.6) is 0 Å². The van der Waals surface area contributed by atoms with Crippen molar-refractivity contribution in [1.82, 2.24) is 4.13 Å². The lowest BCUT2D eigenvalue weighted by Crippen LogP contribution is -2.38. The van der Waals surface area contributed by atoms with Gasteiger partial charge in [0.2, 0.25) is 20.0 Å². The van der Waals surface area contributed by atoms with Crippen molar-refractivity contribution in [3.05, 3.63) is 0 Å². The van der Waals surface area contributed by atoms with Crippen LogP contribution in [-0.4, -0.2) is 34.5 Å². The Kier molecular flexibility index (Phi) is 5.23. The molecule has 0 fully saturated rings.